The van der Waals surface area contributed by atoms with E-state index in [1.54, 1.807) is 0 Å². The predicted molar refractivity (Wildman–Crippen MR) is 152 cm³/mol. The summed E-state index contributed by atoms with van der Waals surface area (Å²) in [6.07, 6.45) is 9.67. The lowest BCUT2D eigenvalue weighted by molar-refractivity contribution is 0.778. The van der Waals surface area contributed by atoms with E-state index in [0.717, 1.165) is 6.42 Å². The highest BCUT2D eigenvalue weighted by molar-refractivity contribution is 5.98. The van der Waals surface area contributed by atoms with Gasteiger partial charge in [0.2, 0.25) is 0 Å². The first-order valence-corrected chi connectivity index (χ1v) is 11.4. The van der Waals surface area contributed by atoms with Gasteiger partial charge in [-0.2, -0.15) is 0 Å². The van der Waals surface area contributed by atoms with E-state index in [1.807, 2.05) is 12.2 Å². The summed E-state index contributed by atoms with van der Waals surface area (Å²) in [7, 11) is 0. The van der Waals surface area contributed by atoms with Crippen LogP contribution >= 0.6 is 0 Å². The molecule has 0 heterocycles. The SMILES string of the molecule is C.C.C=CC1=C(C=C)C2(C(/C=C\CC)=C(C)c3ccccc32)c2ccc(-c3ccccc3)cc21. The molecule has 0 saturated heterocycles. The molecule has 1 spiro atoms. The first kappa shape index (κ1) is 25.0. The van der Waals surface area contributed by atoms with E-state index >= 15 is 0 Å². The summed E-state index contributed by atoms with van der Waals surface area (Å²) in [4.78, 5) is 0. The Labute approximate surface area is 206 Å². The second-order valence-corrected chi connectivity index (χ2v) is 8.51. The van der Waals surface area contributed by atoms with Gasteiger partial charge in [-0.1, -0.05) is 126 Å². The van der Waals surface area contributed by atoms with Crippen molar-refractivity contribution in [3.63, 3.8) is 0 Å². The molecule has 0 N–H and O–H groups in total. The van der Waals surface area contributed by atoms with Gasteiger partial charge in [-0.3, -0.25) is 0 Å². The number of hydrogen-bond acceptors (Lipinski definition) is 0. The monoisotopic (exact) mass is 444 g/mol. The van der Waals surface area contributed by atoms with Crippen molar-refractivity contribution in [1.29, 1.82) is 0 Å². The first-order chi connectivity index (χ1) is 15.7. The summed E-state index contributed by atoms with van der Waals surface area (Å²) in [5, 5.41) is 0. The van der Waals surface area contributed by atoms with Crippen LogP contribution in [0.25, 0.3) is 22.3 Å². The topological polar surface area (TPSA) is 0 Å². The third-order valence-corrected chi connectivity index (χ3v) is 6.99. The Kier molecular flexibility index (Phi) is 7.12. The quantitative estimate of drug-likeness (QED) is 0.367. The summed E-state index contributed by atoms with van der Waals surface area (Å²) in [5.74, 6) is 0. The van der Waals surface area contributed by atoms with Crippen LogP contribution < -0.4 is 0 Å². The van der Waals surface area contributed by atoms with Gasteiger partial charge in [0.25, 0.3) is 0 Å². The van der Waals surface area contributed by atoms with E-state index in [9.17, 15) is 0 Å². The number of fused-ring (bicyclic) bond motifs is 4. The zero-order chi connectivity index (χ0) is 22.3. The van der Waals surface area contributed by atoms with Gasteiger partial charge in [-0.25, -0.2) is 0 Å². The van der Waals surface area contributed by atoms with E-state index < -0.39 is 0 Å². The molecule has 0 heteroatoms. The Morgan fingerprint density at radius 3 is 2.09 bits per heavy atom. The lowest BCUT2D eigenvalue weighted by Gasteiger charge is -2.32. The first-order valence-electron chi connectivity index (χ1n) is 11.4. The molecule has 3 aromatic rings. The van der Waals surface area contributed by atoms with Gasteiger partial charge in [0, 0.05) is 0 Å². The van der Waals surface area contributed by atoms with Crippen molar-refractivity contribution in [1.82, 2.24) is 0 Å². The maximum atomic E-state index is 4.28. The Bertz CT molecular complexity index is 1330. The zero-order valence-electron chi connectivity index (χ0n) is 18.9. The van der Waals surface area contributed by atoms with Crippen LogP contribution in [0.15, 0.2) is 121 Å². The van der Waals surface area contributed by atoms with Gasteiger partial charge in [0.1, 0.15) is 0 Å². The Morgan fingerprint density at radius 1 is 0.735 bits per heavy atom. The van der Waals surface area contributed by atoms with E-state index in [-0.39, 0.29) is 20.3 Å². The van der Waals surface area contributed by atoms with Crippen molar-refractivity contribution in [2.75, 3.05) is 0 Å². The van der Waals surface area contributed by atoms with Gasteiger partial charge in [-0.15, -0.1) is 0 Å². The van der Waals surface area contributed by atoms with Crippen molar-refractivity contribution in [3.05, 3.63) is 144 Å². The molecule has 2 aliphatic rings. The van der Waals surface area contributed by atoms with Crippen molar-refractivity contribution in [3.8, 4) is 11.1 Å². The minimum absolute atomic E-state index is 0. The van der Waals surface area contributed by atoms with Crippen LogP contribution in [0, 0.1) is 0 Å². The summed E-state index contributed by atoms with van der Waals surface area (Å²) in [6, 6.07) is 26.3. The molecule has 34 heavy (non-hydrogen) atoms. The van der Waals surface area contributed by atoms with Gasteiger partial charge in [0.15, 0.2) is 0 Å². The molecular weight excluding hydrogens is 408 g/mol. The number of allylic oxidation sites excluding steroid dienone is 8. The van der Waals surface area contributed by atoms with E-state index in [2.05, 4.69) is 112 Å². The third kappa shape index (κ3) is 3.29. The van der Waals surface area contributed by atoms with Crippen molar-refractivity contribution >= 4 is 11.1 Å². The molecule has 1 unspecified atom stereocenters. The van der Waals surface area contributed by atoms with Crippen LogP contribution in [0.5, 0.6) is 0 Å². The maximum Gasteiger partial charge on any atom is 0.0721 e. The fourth-order valence-electron chi connectivity index (χ4n) is 5.65. The Balaban J connectivity index is 0.00000162. The molecule has 0 amide bonds. The zero-order valence-corrected chi connectivity index (χ0v) is 18.9. The van der Waals surface area contributed by atoms with Crippen LogP contribution in [0.3, 0.4) is 0 Å². The largest absolute Gasteiger partial charge is 0.0987 e. The summed E-state index contributed by atoms with van der Waals surface area (Å²) < 4.78 is 0. The highest BCUT2D eigenvalue weighted by Gasteiger charge is 2.51. The second kappa shape index (κ2) is 9.69. The highest BCUT2D eigenvalue weighted by atomic mass is 14.5. The van der Waals surface area contributed by atoms with Gasteiger partial charge >= 0.3 is 0 Å². The molecule has 0 radical (unpaired) electrons. The lowest BCUT2D eigenvalue weighted by Crippen LogP contribution is -2.27. The summed E-state index contributed by atoms with van der Waals surface area (Å²) >= 11 is 0. The molecule has 1 atom stereocenters. The molecule has 2 aliphatic carbocycles. The molecule has 0 fully saturated rings. The standard InChI is InChI=1S/C32H28.2CH4/c1-5-8-17-29-22(4)26-16-12-13-18-30(26)32(29)28(7-3)25(6-2)27-21-24(19-20-31(27)32)23-14-10-9-11-15-23;;/h6-21H,2-3,5H2,1,4H3;2*1H4/b17-8-;;. The molecule has 0 aromatic heterocycles. The predicted octanol–water partition coefficient (Wildman–Crippen LogP) is 9.80. The molecule has 5 rings (SSSR count). The van der Waals surface area contributed by atoms with Crippen LogP contribution in [0.1, 0.15) is 57.4 Å². The molecule has 0 aliphatic heterocycles. The number of hydrogen-bond donors (Lipinski definition) is 0. The van der Waals surface area contributed by atoms with E-state index in [4.69, 9.17) is 0 Å². The third-order valence-electron chi connectivity index (χ3n) is 6.99. The molecule has 0 nitrogen and oxygen atoms in total. The van der Waals surface area contributed by atoms with Crippen LogP contribution in [-0.4, -0.2) is 0 Å². The normalized spacial score (nSPS) is 17.9. The van der Waals surface area contributed by atoms with Crippen molar-refractivity contribution in [2.45, 2.75) is 40.5 Å². The van der Waals surface area contributed by atoms with Crippen LogP contribution in [0.2, 0.25) is 0 Å². The van der Waals surface area contributed by atoms with Crippen LogP contribution in [-0.2, 0) is 5.41 Å². The number of rotatable bonds is 5. The maximum absolute atomic E-state index is 4.28. The molecule has 3 aromatic carbocycles. The fraction of sp³-hybridized carbons (Fsp3) is 0.176. The number of benzene rings is 3. The minimum Gasteiger partial charge on any atom is -0.0987 e. The molecule has 0 saturated carbocycles. The second-order valence-electron chi connectivity index (χ2n) is 8.51. The summed E-state index contributed by atoms with van der Waals surface area (Å²) in [6.45, 7) is 13.0. The summed E-state index contributed by atoms with van der Waals surface area (Å²) in [5.41, 5.74) is 12.4. The molecule has 0 bridgehead atoms. The van der Waals surface area contributed by atoms with Crippen molar-refractivity contribution < 1.29 is 0 Å². The average Bonchev–Trinajstić information content (AvgIpc) is 3.27. The highest BCUT2D eigenvalue weighted by Crippen LogP contribution is 2.61. The van der Waals surface area contributed by atoms with Gasteiger partial charge in [-0.05, 0) is 75.1 Å². The van der Waals surface area contributed by atoms with Crippen molar-refractivity contribution in [2.24, 2.45) is 0 Å². The molecular formula is C34H36. The fourth-order valence-corrected chi connectivity index (χ4v) is 5.65. The average molecular weight is 445 g/mol. The van der Waals surface area contributed by atoms with Gasteiger partial charge < -0.3 is 0 Å². The Morgan fingerprint density at radius 2 is 1.41 bits per heavy atom. The molecule has 172 valence electrons. The smallest absolute Gasteiger partial charge is 0.0721 e. The van der Waals surface area contributed by atoms with E-state index in [1.165, 1.54) is 55.7 Å². The van der Waals surface area contributed by atoms with Gasteiger partial charge in [0.05, 0.1) is 5.41 Å². The van der Waals surface area contributed by atoms with E-state index in [0.29, 0.717) is 0 Å². The minimum atomic E-state index is -0.345. The lowest BCUT2D eigenvalue weighted by atomic mass is 9.68. The van der Waals surface area contributed by atoms with Crippen LogP contribution in [0.4, 0.5) is 0 Å². The Hall–Kier alpha value is -3.64.